The molecular weight excluding hydrogens is 348 g/mol. The lowest BCUT2D eigenvalue weighted by molar-refractivity contribution is -0.121. The zero-order valence-electron chi connectivity index (χ0n) is 15.3. The van der Waals surface area contributed by atoms with Crippen LogP contribution in [0.2, 0.25) is 0 Å². The third kappa shape index (κ3) is 4.07. The van der Waals surface area contributed by atoms with Gasteiger partial charge in [0.05, 0.1) is 5.75 Å². The molecule has 1 aliphatic heterocycles. The van der Waals surface area contributed by atoms with E-state index in [0.717, 1.165) is 28.8 Å². The lowest BCUT2D eigenvalue weighted by Gasteiger charge is -2.19. The smallest absolute Gasteiger partial charge is 0.236 e. The van der Waals surface area contributed by atoms with Gasteiger partial charge >= 0.3 is 0 Å². The van der Waals surface area contributed by atoms with Crippen molar-refractivity contribution in [2.45, 2.75) is 32.9 Å². The summed E-state index contributed by atoms with van der Waals surface area (Å²) in [6, 6.07) is 12.9. The van der Waals surface area contributed by atoms with Crippen LogP contribution in [0.3, 0.4) is 0 Å². The zero-order valence-corrected chi connectivity index (χ0v) is 16.1. The van der Waals surface area contributed by atoms with Gasteiger partial charge in [-0.1, -0.05) is 43.7 Å². The van der Waals surface area contributed by atoms with E-state index in [1.165, 1.54) is 0 Å². The van der Waals surface area contributed by atoms with E-state index in [0.29, 0.717) is 12.2 Å². The summed E-state index contributed by atoms with van der Waals surface area (Å²) >= 11 is 0. The number of carbonyl (C=O) groups is 1. The van der Waals surface area contributed by atoms with Crippen molar-refractivity contribution in [1.82, 2.24) is 0 Å². The first-order chi connectivity index (χ1) is 12.2. The Morgan fingerprint density at radius 3 is 2.65 bits per heavy atom. The molecular formula is C20H24N2O3S. The van der Waals surface area contributed by atoms with Gasteiger partial charge in [-0.15, -0.1) is 0 Å². The molecule has 0 atom stereocenters. The van der Waals surface area contributed by atoms with Gasteiger partial charge in [0.2, 0.25) is 15.9 Å². The van der Waals surface area contributed by atoms with Crippen LogP contribution in [-0.4, -0.2) is 20.9 Å². The average molecular weight is 372 g/mol. The van der Waals surface area contributed by atoms with Crippen molar-refractivity contribution in [3.05, 3.63) is 59.2 Å². The van der Waals surface area contributed by atoms with Crippen LogP contribution >= 0.6 is 0 Å². The monoisotopic (exact) mass is 372 g/mol. The fraction of sp³-hybridized carbons (Fsp3) is 0.350. The van der Waals surface area contributed by atoms with Crippen molar-refractivity contribution in [3.63, 3.8) is 0 Å². The summed E-state index contributed by atoms with van der Waals surface area (Å²) in [4.78, 5) is 14.0. The maximum Gasteiger partial charge on any atom is 0.236 e. The van der Waals surface area contributed by atoms with Crippen LogP contribution in [0.25, 0.3) is 0 Å². The predicted molar refractivity (Wildman–Crippen MR) is 105 cm³/mol. The molecule has 5 nitrogen and oxygen atoms in total. The molecule has 0 fully saturated rings. The number of fused-ring (bicyclic) bond motifs is 1. The second-order valence-electron chi connectivity index (χ2n) is 7.09. The summed E-state index contributed by atoms with van der Waals surface area (Å²) in [7, 11) is -3.50. The molecule has 0 radical (unpaired) electrons. The second kappa shape index (κ2) is 7.11. The first kappa shape index (κ1) is 18.5. The molecule has 1 amide bonds. The number of rotatable bonds is 5. The Balaban J connectivity index is 1.76. The molecule has 0 saturated carbocycles. The molecule has 0 bridgehead atoms. The van der Waals surface area contributed by atoms with Gasteiger partial charge in [0, 0.05) is 23.8 Å². The Kier molecular flexibility index (Phi) is 5.05. The number of benzene rings is 2. The minimum absolute atomic E-state index is 0.0616. The number of aryl methyl sites for hydroxylation is 1. The Morgan fingerprint density at radius 1 is 1.19 bits per heavy atom. The van der Waals surface area contributed by atoms with Crippen molar-refractivity contribution >= 4 is 27.3 Å². The van der Waals surface area contributed by atoms with E-state index < -0.39 is 10.0 Å². The summed E-state index contributed by atoms with van der Waals surface area (Å²) in [5.74, 6) is -0.0334. The van der Waals surface area contributed by atoms with Gasteiger partial charge < -0.3 is 4.90 Å². The number of nitrogens with zero attached hydrogens (tertiary/aromatic N) is 1. The predicted octanol–water partition coefficient (Wildman–Crippen LogP) is 3.48. The zero-order chi connectivity index (χ0) is 18.9. The molecule has 2 aromatic rings. The van der Waals surface area contributed by atoms with E-state index >= 15 is 0 Å². The molecule has 6 heteroatoms. The van der Waals surface area contributed by atoms with E-state index in [2.05, 4.69) is 4.72 Å². The van der Waals surface area contributed by atoms with Gasteiger partial charge in [-0.3, -0.25) is 9.52 Å². The normalized spacial score (nSPS) is 13.8. The first-order valence-corrected chi connectivity index (χ1v) is 10.4. The van der Waals surface area contributed by atoms with Gasteiger partial charge in [-0.05, 0) is 42.7 Å². The highest BCUT2D eigenvalue weighted by Crippen LogP contribution is 2.32. The van der Waals surface area contributed by atoms with Crippen molar-refractivity contribution in [1.29, 1.82) is 0 Å². The second-order valence-corrected chi connectivity index (χ2v) is 8.81. The summed E-state index contributed by atoms with van der Waals surface area (Å²) in [6.07, 6.45) is 0.737. The molecule has 0 unspecified atom stereocenters. The fourth-order valence-corrected chi connectivity index (χ4v) is 4.42. The first-order valence-electron chi connectivity index (χ1n) is 8.75. The molecule has 138 valence electrons. The van der Waals surface area contributed by atoms with Crippen molar-refractivity contribution in [2.75, 3.05) is 16.2 Å². The van der Waals surface area contributed by atoms with E-state index in [1.54, 1.807) is 11.0 Å². The number of hydrogen-bond acceptors (Lipinski definition) is 3. The molecule has 26 heavy (non-hydrogen) atoms. The van der Waals surface area contributed by atoms with Crippen molar-refractivity contribution in [3.8, 4) is 0 Å². The number of amides is 1. The SMILES string of the molecule is Cc1cccc(CS(=O)(=O)Nc2ccc3c(c2)CCN3C(=O)C(C)C)c1. The Bertz CT molecular complexity index is 936. The lowest BCUT2D eigenvalue weighted by Crippen LogP contribution is -2.32. The minimum atomic E-state index is -3.50. The molecule has 1 aliphatic rings. The fourth-order valence-electron chi connectivity index (χ4n) is 3.24. The van der Waals surface area contributed by atoms with Gasteiger partial charge in [0.25, 0.3) is 0 Å². The molecule has 0 spiro atoms. The third-order valence-corrected chi connectivity index (χ3v) is 5.71. The van der Waals surface area contributed by atoms with E-state index in [9.17, 15) is 13.2 Å². The maximum absolute atomic E-state index is 12.5. The van der Waals surface area contributed by atoms with Crippen LogP contribution in [0.1, 0.15) is 30.5 Å². The summed E-state index contributed by atoms with van der Waals surface area (Å²) in [5.41, 5.74) is 4.20. The van der Waals surface area contributed by atoms with Gasteiger partial charge in [0.15, 0.2) is 0 Å². The maximum atomic E-state index is 12.5. The molecule has 0 aromatic heterocycles. The number of hydrogen-bond donors (Lipinski definition) is 1. The van der Waals surface area contributed by atoms with Crippen LogP contribution < -0.4 is 9.62 Å². The van der Waals surface area contributed by atoms with E-state index in [4.69, 9.17) is 0 Å². The topological polar surface area (TPSA) is 66.5 Å². The minimum Gasteiger partial charge on any atom is -0.312 e. The quantitative estimate of drug-likeness (QED) is 0.874. The number of carbonyl (C=O) groups excluding carboxylic acids is 1. The van der Waals surface area contributed by atoms with Gasteiger partial charge in [-0.25, -0.2) is 8.42 Å². The largest absolute Gasteiger partial charge is 0.312 e. The summed E-state index contributed by atoms with van der Waals surface area (Å²) in [6.45, 7) is 6.35. The molecule has 0 saturated heterocycles. The van der Waals surface area contributed by atoms with E-state index in [-0.39, 0.29) is 17.6 Å². The lowest BCUT2D eigenvalue weighted by atomic mass is 10.1. The standard InChI is InChI=1S/C20H24N2O3S/c1-14(2)20(23)22-10-9-17-12-18(7-8-19(17)22)21-26(24,25)13-16-6-4-5-15(3)11-16/h4-8,11-12,14,21H,9-10,13H2,1-3H3. The number of sulfonamides is 1. The summed E-state index contributed by atoms with van der Waals surface area (Å²) < 4.78 is 27.6. The van der Waals surface area contributed by atoms with Crippen molar-refractivity contribution < 1.29 is 13.2 Å². The Morgan fingerprint density at radius 2 is 1.96 bits per heavy atom. The molecule has 2 aromatic carbocycles. The molecule has 3 rings (SSSR count). The van der Waals surface area contributed by atoms with Crippen LogP contribution in [0, 0.1) is 12.8 Å². The van der Waals surface area contributed by atoms with E-state index in [1.807, 2.05) is 57.2 Å². The third-order valence-electron chi connectivity index (χ3n) is 4.45. The molecule has 1 N–H and O–H groups in total. The van der Waals surface area contributed by atoms with Gasteiger partial charge in [-0.2, -0.15) is 0 Å². The molecule has 0 aliphatic carbocycles. The van der Waals surface area contributed by atoms with Crippen LogP contribution in [0.15, 0.2) is 42.5 Å². The highest BCUT2D eigenvalue weighted by Gasteiger charge is 2.26. The number of nitrogens with one attached hydrogen (secondary N) is 1. The van der Waals surface area contributed by atoms with Crippen LogP contribution in [-0.2, 0) is 27.0 Å². The van der Waals surface area contributed by atoms with Crippen molar-refractivity contribution in [2.24, 2.45) is 5.92 Å². The van der Waals surface area contributed by atoms with Crippen LogP contribution in [0.4, 0.5) is 11.4 Å². The molecule has 1 heterocycles. The Labute approximate surface area is 155 Å². The Hall–Kier alpha value is -2.34. The number of anilines is 2. The average Bonchev–Trinajstić information content (AvgIpc) is 2.96. The highest BCUT2D eigenvalue weighted by atomic mass is 32.2. The van der Waals surface area contributed by atoms with Crippen LogP contribution in [0.5, 0.6) is 0 Å². The highest BCUT2D eigenvalue weighted by molar-refractivity contribution is 7.91. The van der Waals surface area contributed by atoms with Gasteiger partial charge in [0.1, 0.15) is 0 Å². The summed E-state index contributed by atoms with van der Waals surface area (Å²) in [5, 5.41) is 0.